The molecule has 0 spiro atoms. The molecule has 0 unspecified atom stereocenters. The van der Waals surface area contributed by atoms with Crippen LogP contribution in [0, 0.1) is 12.8 Å². The van der Waals surface area contributed by atoms with Crippen LogP contribution < -0.4 is 10.6 Å². The van der Waals surface area contributed by atoms with Crippen LogP contribution in [0.25, 0.3) is 0 Å². The lowest BCUT2D eigenvalue weighted by Gasteiger charge is -2.20. The Balaban J connectivity index is 1.70. The van der Waals surface area contributed by atoms with E-state index in [0.717, 1.165) is 11.3 Å². The topological polar surface area (TPSA) is 88.9 Å². The molecule has 2 amide bonds. The van der Waals surface area contributed by atoms with Crippen molar-refractivity contribution in [1.29, 1.82) is 0 Å². The summed E-state index contributed by atoms with van der Waals surface area (Å²) in [4.78, 5) is 25.3. The summed E-state index contributed by atoms with van der Waals surface area (Å²) < 4.78 is 1.81. The molecule has 7 nitrogen and oxygen atoms in total. The molecule has 0 aliphatic heterocycles. The van der Waals surface area contributed by atoms with Crippen LogP contribution in [0.4, 0.5) is 5.69 Å². The highest BCUT2D eigenvalue weighted by atomic mass is 35.5. The number of nitrogens with zero attached hydrogens (tertiary/aromatic N) is 3. The first-order valence-electron chi connectivity index (χ1n) is 10.8. The van der Waals surface area contributed by atoms with E-state index in [1.807, 2.05) is 38.2 Å². The Bertz CT molecular complexity index is 1180. The van der Waals surface area contributed by atoms with Gasteiger partial charge in [-0.3, -0.25) is 9.59 Å². The number of hydrogen-bond acceptors (Lipinski definition) is 5. The number of aryl methyl sites for hydroxylation is 1. The average molecular weight is 520 g/mol. The molecule has 3 rings (SSSR count). The van der Waals surface area contributed by atoms with E-state index in [9.17, 15) is 9.59 Å². The standard InChI is InChI=1S/C24H27Cl2N5O2S/c1-14(2)10-20(28-23(33)18-9-8-16(25)12-19(18)26)22-29-30-24(31(22)4)34-13-21(32)27-17-7-5-6-15(3)11-17/h5-9,11-12,14,20H,10,13H2,1-4H3,(H,27,32)(H,28,33)/t20-/m1/s1. The van der Waals surface area contributed by atoms with E-state index in [1.54, 1.807) is 16.7 Å². The SMILES string of the molecule is Cc1cccc(NC(=O)CSc2nnc([C@@H](CC(C)C)NC(=O)c3ccc(Cl)cc3Cl)n2C)c1. The predicted octanol–water partition coefficient (Wildman–Crippen LogP) is 5.68. The zero-order valence-electron chi connectivity index (χ0n) is 19.4. The fraction of sp³-hybridized carbons (Fsp3) is 0.333. The van der Waals surface area contributed by atoms with Gasteiger partial charge in [0.25, 0.3) is 5.91 Å². The Morgan fingerprint density at radius 2 is 1.88 bits per heavy atom. The zero-order valence-corrected chi connectivity index (χ0v) is 21.8. The van der Waals surface area contributed by atoms with Gasteiger partial charge in [-0.15, -0.1) is 10.2 Å². The second-order valence-electron chi connectivity index (χ2n) is 8.39. The van der Waals surface area contributed by atoms with Crippen LogP contribution in [-0.2, 0) is 11.8 Å². The van der Waals surface area contributed by atoms with E-state index in [2.05, 4.69) is 34.7 Å². The van der Waals surface area contributed by atoms with Gasteiger partial charge in [0.1, 0.15) is 0 Å². The van der Waals surface area contributed by atoms with E-state index in [4.69, 9.17) is 23.2 Å². The number of thioether (sulfide) groups is 1. The summed E-state index contributed by atoms with van der Waals surface area (Å²) >= 11 is 13.4. The largest absolute Gasteiger partial charge is 0.342 e. The molecular weight excluding hydrogens is 493 g/mol. The van der Waals surface area contributed by atoms with Crippen LogP contribution >= 0.6 is 35.0 Å². The Morgan fingerprint density at radius 3 is 2.56 bits per heavy atom. The van der Waals surface area contributed by atoms with Crippen molar-refractivity contribution in [3.8, 4) is 0 Å². The minimum Gasteiger partial charge on any atom is -0.342 e. The van der Waals surface area contributed by atoms with Crippen molar-refractivity contribution in [3.05, 3.63) is 69.5 Å². The quantitative estimate of drug-likeness (QED) is 0.355. The first kappa shape index (κ1) is 26.1. The van der Waals surface area contributed by atoms with Crippen LogP contribution in [0.1, 0.15) is 48.1 Å². The van der Waals surface area contributed by atoms with Gasteiger partial charge in [-0.25, -0.2) is 0 Å². The maximum absolute atomic E-state index is 12.9. The van der Waals surface area contributed by atoms with Gasteiger partial charge in [-0.05, 0) is 55.2 Å². The number of anilines is 1. The number of benzene rings is 2. The number of carbonyl (C=O) groups is 2. The van der Waals surface area contributed by atoms with E-state index >= 15 is 0 Å². The molecule has 0 bridgehead atoms. The third-order valence-electron chi connectivity index (χ3n) is 5.00. The lowest BCUT2D eigenvalue weighted by Crippen LogP contribution is -2.31. The van der Waals surface area contributed by atoms with E-state index in [-0.39, 0.29) is 28.6 Å². The Hall–Kier alpha value is -2.55. The molecular formula is C24H27Cl2N5O2S. The zero-order chi connectivity index (χ0) is 24.8. The number of nitrogens with one attached hydrogen (secondary N) is 2. The van der Waals surface area contributed by atoms with Crippen LogP contribution in [0.2, 0.25) is 10.0 Å². The second-order valence-corrected chi connectivity index (χ2v) is 10.2. The van der Waals surface area contributed by atoms with Gasteiger partial charge in [0.05, 0.1) is 22.4 Å². The van der Waals surface area contributed by atoms with Gasteiger partial charge in [0.15, 0.2) is 11.0 Å². The van der Waals surface area contributed by atoms with Crippen LogP contribution in [0.15, 0.2) is 47.6 Å². The summed E-state index contributed by atoms with van der Waals surface area (Å²) in [6.45, 7) is 6.10. The molecule has 0 fully saturated rings. The molecule has 0 saturated heterocycles. The molecule has 34 heavy (non-hydrogen) atoms. The number of rotatable bonds is 9. The average Bonchev–Trinajstić information content (AvgIpc) is 3.11. The highest BCUT2D eigenvalue weighted by Crippen LogP contribution is 2.26. The summed E-state index contributed by atoms with van der Waals surface area (Å²) in [6, 6.07) is 12.0. The van der Waals surface area contributed by atoms with Gasteiger partial charge in [-0.2, -0.15) is 0 Å². The van der Waals surface area contributed by atoms with Crippen molar-refractivity contribution in [2.75, 3.05) is 11.1 Å². The molecule has 0 aliphatic rings. The lowest BCUT2D eigenvalue weighted by molar-refractivity contribution is -0.113. The Morgan fingerprint density at radius 1 is 1.12 bits per heavy atom. The summed E-state index contributed by atoms with van der Waals surface area (Å²) in [5, 5.41) is 15.8. The van der Waals surface area contributed by atoms with Crippen molar-refractivity contribution in [2.24, 2.45) is 13.0 Å². The minimum atomic E-state index is -0.382. The number of carbonyl (C=O) groups excluding carboxylic acids is 2. The van der Waals surface area contributed by atoms with Gasteiger partial charge in [0, 0.05) is 17.8 Å². The summed E-state index contributed by atoms with van der Waals surface area (Å²) in [6.07, 6.45) is 0.654. The van der Waals surface area contributed by atoms with Gasteiger partial charge < -0.3 is 15.2 Å². The summed E-state index contributed by atoms with van der Waals surface area (Å²) in [5.41, 5.74) is 2.16. The van der Waals surface area contributed by atoms with Crippen molar-refractivity contribution < 1.29 is 9.59 Å². The highest BCUT2D eigenvalue weighted by molar-refractivity contribution is 7.99. The minimum absolute atomic E-state index is 0.135. The Labute approximate surface area is 213 Å². The van der Waals surface area contributed by atoms with Crippen molar-refractivity contribution in [3.63, 3.8) is 0 Å². The van der Waals surface area contributed by atoms with Crippen LogP contribution in [0.5, 0.6) is 0 Å². The molecule has 1 heterocycles. The molecule has 2 aromatic carbocycles. The van der Waals surface area contributed by atoms with Gasteiger partial charge >= 0.3 is 0 Å². The molecule has 2 N–H and O–H groups in total. The number of aromatic nitrogens is 3. The predicted molar refractivity (Wildman–Crippen MR) is 138 cm³/mol. The fourth-order valence-electron chi connectivity index (χ4n) is 3.42. The first-order chi connectivity index (χ1) is 16.1. The molecule has 180 valence electrons. The third kappa shape index (κ3) is 6.98. The second kappa shape index (κ2) is 11.7. The molecule has 0 radical (unpaired) electrons. The summed E-state index contributed by atoms with van der Waals surface area (Å²) in [7, 11) is 1.82. The first-order valence-corrected chi connectivity index (χ1v) is 12.5. The van der Waals surface area contributed by atoms with E-state index in [1.165, 1.54) is 17.8 Å². The molecule has 1 aromatic heterocycles. The number of halogens is 2. The van der Waals surface area contributed by atoms with Crippen molar-refractivity contribution >= 4 is 52.5 Å². The number of amides is 2. The maximum atomic E-state index is 12.9. The molecule has 0 aliphatic carbocycles. The van der Waals surface area contributed by atoms with Crippen molar-refractivity contribution in [1.82, 2.24) is 20.1 Å². The fourth-order valence-corrected chi connectivity index (χ4v) is 4.63. The van der Waals surface area contributed by atoms with Crippen LogP contribution in [0.3, 0.4) is 0 Å². The van der Waals surface area contributed by atoms with Gasteiger partial charge in [-0.1, -0.05) is 60.9 Å². The molecule has 0 saturated carbocycles. The summed E-state index contributed by atoms with van der Waals surface area (Å²) in [5.74, 6) is 0.626. The van der Waals surface area contributed by atoms with Gasteiger partial charge in [0.2, 0.25) is 5.91 Å². The molecule has 1 atom stereocenters. The monoisotopic (exact) mass is 519 g/mol. The normalized spacial score (nSPS) is 12.0. The third-order valence-corrected chi connectivity index (χ3v) is 6.57. The maximum Gasteiger partial charge on any atom is 0.253 e. The Kier molecular flexibility index (Phi) is 8.99. The van der Waals surface area contributed by atoms with Crippen LogP contribution in [-0.4, -0.2) is 32.3 Å². The van der Waals surface area contributed by atoms with Crippen molar-refractivity contribution in [2.45, 2.75) is 38.4 Å². The lowest BCUT2D eigenvalue weighted by atomic mass is 10.0. The van der Waals surface area contributed by atoms with E-state index in [0.29, 0.717) is 33.9 Å². The van der Waals surface area contributed by atoms with E-state index < -0.39 is 0 Å². The highest BCUT2D eigenvalue weighted by Gasteiger charge is 2.24. The molecule has 3 aromatic rings. The smallest absolute Gasteiger partial charge is 0.253 e. The number of hydrogen-bond donors (Lipinski definition) is 2. The molecule has 10 heteroatoms.